The van der Waals surface area contributed by atoms with Crippen molar-refractivity contribution in [3.05, 3.63) is 35.4 Å². The zero-order chi connectivity index (χ0) is 26.0. The molecule has 0 radical (unpaired) electrons. The molecule has 3 unspecified atom stereocenters. The molecule has 3 aliphatic carbocycles. The molecular formula is C24H27N3O8. The van der Waals surface area contributed by atoms with Gasteiger partial charge in [0.2, 0.25) is 5.91 Å². The molecule has 0 aliphatic heterocycles. The summed E-state index contributed by atoms with van der Waals surface area (Å²) in [7, 11) is 4.45. The molecule has 2 saturated carbocycles. The summed E-state index contributed by atoms with van der Waals surface area (Å²) in [6, 6.07) is 1.70. The lowest BCUT2D eigenvalue weighted by atomic mass is 9.52. The van der Waals surface area contributed by atoms with E-state index in [4.69, 9.17) is 10.6 Å². The Kier molecular flexibility index (Phi) is 5.90. The fourth-order valence-electron chi connectivity index (χ4n) is 6.07. The van der Waals surface area contributed by atoms with Crippen molar-refractivity contribution >= 4 is 34.7 Å². The smallest absolute Gasteiger partial charge is 0.235 e. The number of amides is 1. The summed E-state index contributed by atoms with van der Waals surface area (Å²) < 4.78 is 0. The number of phenols is 1. The molecule has 0 heterocycles. The van der Waals surface area contributed by atoms with Crippen molar-refractivity contribution in [2.45, 2.75) is 24.5 Å². The first-order valence-corrected chi connectivity index (χ1v) is 11.1. The van der Waals surface area contributed by atoms with Crippen LogP contribution in [0, 0.1) is 23.7 Å². The van der Waals surface area contributed by atoms with Gasteiger partial charge in [-0.3, -0.25) is 39.2 Å². The quantitative estimate of drug-likeness (QED) is 0.298. The number of carbonyl (C=O) groups is 5. The summed E-state index contributed by atoms with van der Waals surface area (Å²) in [5, 5.41) is 22.0. The molecule has 1 aromatic rings. The topological polar surface area (TPSA) is 176 Å². The number of nitrogens with one attached hydrogen (secondary N) is 1. The standard InChI is InChI=1S/C24H27N3O8/c1-9(26-35-4)11-5-6-14(28)16-12(11)7-10-8-13-18(27(2)3)20(30)17(23(25)33)22(32)24(13,34)21(31)15(10)19(16)29/h5-6,10,13,15,17-18,26,28,34H,1,7-8H2,2-4H3,(H2,25,33)/t10-,13-,15?,17?,18?,24-/m1/s1. The summed E-state index contributed by atoms with van der Waals surface area (Å²) in [6.07, 6.45) is 0.114. The Morgan fingerprint density at radius 3 is 2.46 bits per heavy atom. The van der Waals surface area contributed by atoms with Crippen LogP contribution in [0.25, 0.3) is 5.70 Å². The van der Waals surface area contributed by atoms with Crippen LogP contribution in [0.1, 0.15) is 27.9 Å². The van der Waals surface area contributed by atoms with E-state index in [0.717, 1.165) is 0 Å². The molecule has 4 rings (SSSR count). The number of phenolic OH excluding ortho intramolecular Hbond substituents is 1. The average molecular weight is 485 g/mol. The first-order valence-electron chi connectivity index (χ1n) is 11.1. The molecule has 2 fully saturated rings. The monoisotopic (exact) mass is 485 g/mol. The highest BCUT2D eigenvalue weighted by molar-refractivity contribution is 6.32. The van der Waals surface area contributed by atoms with Crippen LogP contribution in [0.2, 0.25) is 0 Å². The number of nitrogens with zero attached hydrogens (tertiary/aromatic N) is 1. The Bertz CT molecular complexity index is 1190. The number of aromatic hydroxyl groups is 1. The van der Waals surface area contributed by atoms with Crippen LogP contribution in [0.3, 0.4) is 0 Å². The number of carbonyl (C=O) groups excluding carboxylic acids is 5. The van der Waals surface area contributed by atoms with E-state index in [0.29, 0.717) is 16.8 Å². The van der Waals surface area contributed by atoms with Crippen molar-refractivity contribution in [3.63, 3.8) is 0 Å². The molecule has 186 valence electrons. The number of ketones is 4. The van der Waals surface area contributed by atoms with Crippen LogP contribution in [-0.2, 0) is 30.4 Å². The lowest BCUT2D eigenvalue weighted by molar-refractivity contribution is -0.181. The van der Waals surface area contributed by atoms with Crippen molar-refractivity contribution in [1.82, 2.24) is 10.4 Å². The maximum absolute atomic E-state index is 13.7. The highest BCUT2D eigenvalue weighted by Gasteiger charge is 2.69. The van der Waals surface area contributed by atoms with Crippen molar-refractivity contribution < 1.29 is 39.0 Å². The Balaban J connectivity index is 1.87. The van der Waals surface area contributed by atoms with Gasteiger partial charge in [-0.2, -0.15) is 0 Å². The van der Waals surface area contributed by atoms with E-state index in [1.807, 2.05) is 0 Å². The second kappa shape index (κ2) is 8.36. The molecule has 6 atom stereocenters. The summed E-state index contributed by atoms with van der Waals surface area (Å²) >= 11 is 0. The van der Waals surface area contributed by atoms with Crippen LogP contribution in [-0.4, -0.2) is 77.0 Å². The second-order valence-corrected chi connectivity index (χ2v) is 9.56. The summed E-state index contributed by atoms with van der Waals surface area (Å²) in [5.41, 5.74) is 6.31. The molecule has 35 heavy (non-hydrogen) atoms. The molecule has 11 nitrogen and oxygen atoms in total. The highest BCUT2D eigenvalue weighted by atomic mass is 16.6. The number of primary amides is 1. The first-order chi connectivity index (χ1) is 16.4. The molecule has 1 aromatic carbocycles. The van der Waals surface area contributed by atoms with Crippen molar-refractivity contribution in [3.8, 4) is 5.75 Å². The van der Waals surface area contributed by atoms with Gasteiger partial charge >= 0.3 is 0 Å². The Morgan fingerprint density at radius 2 is 1.89 bits per heavy atom. The second-order valence-electron chi connectivity index (χ2n) is 9.56. The van der Waals surface area contributed by atoms with Gasteiger partial charge < -0.3 is 15.9 Å². The summed E-state index contributed by atoms with van der Waals surface area (Å²) in [4.78, 5) is 71.9. The summed E-state index contributed by atoms with van der Waals surface area (Å²) in [6.45, 7) is 3.88. The maximum Gasteiger partial charge on any atom is 0.235 e. The largest absolute Gasteiger partial charge is 0.507 e. The normalized spacial score (nSPS) is 32.1. The van der Waals surface area contributed by atoms with Gasteiger partial charge in [-0.05, 0) is 50.6 Å². The lowest BCUT2D eigenvalue weighted by Gasteiger charge is -2.52. The number of fused-ring (bicyclic) bond motifs is 3. The van der Waals surface area contributed by atoms with E-state index in [1.54, 1.807) is 6.07 Å². The Morgan fingerprint density at radius 1 is 1.23 bits per heavy atom. The van der Waals surface area contributed by atoms with Crippen LogP contribution >= 0.6 is 0 Å². The van der Waals surface area contributed by atoms with Gasteiger partial charge in [-0.1, -0.05) is 6.58 Å². The number of hydrogen-bond donors (Lipinski definition) is 4. The first kappa shape index (κ1) is 24.7. The third kappa shape index (κ3) is 3.33. The predicted octanol–water partition coefficient (Wildman–Crippen LogP) is -1.01. The van der Waals surface area contributed by atoms with Gasteiger partial charge in [-0.15, -0.1) is 0 Å². The third-order valence-corrected chi connectivity index (χ3v) is 7.50. The minimum Gasteiger partial charge on any atom is -0.507 e. The third-order valence-electron chi connectivity index (χ3n) is 7.50. The minimum absolute atomic E-state index is 0.0246. The zero-order valence-electron chi connectivity index (χ0n) is 19.5. The van der Waals surface area contributed by atoms with Gasteiger partial charge in [0, 0.05) is 11.5 Å². The van der Waals surface area contributed by atoms with Crippen LogP contribution in [0.4, 0.5) is 0 Å². The molecule has 11 heteroatoms. The van der Waals surface area contributed by atoms with Crippen LogP contribution in [0.5, 0.6) is 5.75 Å². The summed E-state index contributed by atoms with van der Waals surface area (Å²) in [5.74, 6) is -10.8. The molecule has 5 N–H and O–H groups in total. The fraction of sp³-hybridized carbons (Fsp3) is 0.458. The molecule has 3 aliphatic rings. The molecule has 0 bridgehead atoms. The van der Waals surface area contributed by atoms with Gasteiger partial charge in [-0.25, -0.2) is 0 Å². The zero-order valence-corrected chi connectivity index (χ0v) is 19.5. The number of aliphatic hydroxyl groups is 1. The number of nitrogens with two attached hydrogens (primary N) is 1. The van der Waals surface area contributed by atoms with Crippen LogP contribution in [0.15, 0.2) is 18.7 Å². The van der Waals surface area contributed by atoms with Crippen molar-refractivity contribution in [2.24, 2.45) is 29.4 Å². The molecular weight excluding hydrogens is 458 g/mol. The van der Waals surface area contributed by atoms with E-state index in [9.17, 15) is 34.2 Å². The fourth-order valence-corrected chi connectivity index (χ4v) is 6.07. The molecule has 1 amide bonds. The van der Waals surface area contributed by atoms with Gasteiger partial charge in [0.1, 0.15) is 5.75 Å². The van der Waals surface area contributed by atoms with E-state index >= 15 is 0 Å². The number of Topliss-reactive ketones (excluding diaryl/α,β-unsaturated/α-hetero) is 4. The van der Waals surface area contributed by atoms with Gasteiger partial charge in [0.25, 0.3) is 0 Å². The highest BCUT2D eigenvalue weighted by Crippen LogP contribution is 2.51. The predicted molar refractivity (Wildman–Crippen MR) is 121 cm³/mol. The minimum atomic E-state index is -2.74. The van der Waals surface area contributed by atoms with E-state index in [1.165, 1.54) is 32.2 Å². The number of hydrogen-bond acceptors (Lipinski definition) is 10. The van der Waals surface area contributed by atoms with Crippen molar-refractivity contribution in [2.75, 3.05) is 21.2 Å². The molecule has 0 saturated heterocycles. The lowest BCUT2D eigenvalue weighted by Crippen LogP contribution is -2.74. The van der Waals surface area contributed by atoms with Crippen LogP contribution < -0.4 is 11.2 Å². The average Bonchev–Trinajstić information content (AvgIpc) is 2.76. The Hall–Kier alpha value is -3.41. The maximum atomic E-state index is 13.7. The van der Waals surface area contributed by atoms with Gasteiger partial charge in [0.15, 0.2) is 34.7 Å². The van der Waals surface area contributed by atoms with E-state index < -0.39 is 64.4 Å². The molecule has 0 aromatic heterocycles. The number of likely N-dealkylation sites (N-methyl/N-ethyl adjacent to an activating group) is 1. The number of hydroxylamine groups is 1. The number of rotatable bonds is 5. The Labute approximate surface area is 200 Å². The molecule has 0 spiro atoms. The van der Waals surface area contributed by atoms with Gasteiger partial charge in [0.05, 0.1) is 30.3 Å². The van der Waals surface area contributed by atoms with Crippen molar-refractivity contribution in [1.29, 1.82) is 0 Å². The van der Waals surface area contributed by atoms with E-state index in [2.05, 4.69) is 12.1 Å². The SMILES string of the molecule is C=C(NOC)c1ccc(O)c2c1C[C@@H]1C[C@@H]3C(N(C)C)C(=O)C(C(N)=O)C(=O)[C@]3(O)C(=O)C1C2=O. The number of benzene rings is 1. The van der Waals surface area contributed by atoms with E-state index in [-0.39, 0.29) is 24.2 Å².